The van der Waals surface area contributed by atoms with Crippen LogP contribution in [0.2, 0.25) is 0 Å². The fraction of sp³-hybridized carbons (Fsp3) is 1.00. The molecule has 98 valence electrons. The molecule has 0 rings (SSSR count). The van der Waals surface area contributed by atoms with Crippen molar-refractivity contribution in [1.82, 2.24) is 0 Å². The van der Waals surface area contributed by atoms with E-state index in [2.05, 4.69) is 0 Å². The third kappa shape index (κ3) is 8.66. The summed E-state index contributed by atoms with van der Waals surface area (Å²) in [6, 6.07) is 0. The third-order valence-corrected chi connectivity index (χ3v) is 4.48. The summed E-state index contributed by atoms with van der Waals surface area (Å²) in [6.07, 6.45) is 1.64. The highest BCUT2D eigenvalue weighted by Gasteiger charge is 2.06. The number of hydrogen-bond acceptors (Lipinski definition) is 6. The lowest BCUT2D eigenvalue weighted by Gasteiger charge is -2.13. The molecule has 0 radical (unpaired) electrons. The van der Waals surface area contributed by atoms with Gasteiger partial charge < -0.3 is 18.9 Å². The fourth-order valence-electron chi connectivity index (χ4n) is 1.07. The summed E-state index contributed by atoms with van der Waals surface area (Å²) >= 11 is 0. The van der Waals surface area contributed by atoms with Gasteiger partial charge in [-0.05, 0) is 0 Å². The van der Waals surface area contributed by atoms with E-state index in [1.54, 1.807) is 28.4 Å². The highest BCUT2D eigenvalue weighted by atomic mass is 33.1. The van der Waals surface area contributed by atoms with E-state index < -0.39 is 0 Å². The molecule has 4 nitrogen and oxygen atoms in total. The van der Waals surface area contributed by atoms with E-state index in [0.29, 0.717) is 0 Å². The average Bonchev–Trinajstić information content (AvgIpc) is 2.33. The van der Waals surface area contributed by atoms with Crippen molar-refractivity contribution in [2.45, 2.75) is 25.4 Å². The average molecular weight is 270 g/mol. The predicted molar refractivity (Wildman–Crippen MR) is 69.8 cm³/mol. The third-order valence-electron chi connectivity index (χ3n) is 2.01. The van der Waals surface area contributed by atoms with E-state index in [-0.39, 0.29) is 12.6 Å². The maximum atomic E-state index is 5.09. The van der Waals surface area contributed by atoms with Gasteiger partial charge in [0.25, 0.3) is 0 Å². The fourth-order valence-corrected chi connectivity index (χ4v) is 3.17. The van der Waals surface area contributed by atoms with Crippen LogP contribution in [0.4, 0.5) is 0 Å². The molecule has 0 saturated carbocycles. The van der Waals surface area contributed by atoms with Crippen LogP contribution in [0.5, 0.6) is 0 Å². The van der Waals surface area contributed by atoms with Gasteiger partial charge in [0.05, 0.1) is 0 Å². The topological polar surface area (TPSA) is 36.9 Å². The summed E-state index contributed by atoms with van der Waals surface area (Å²) in [7, 11) is 10.3. The van der Waals surface area contributed by atoms with Crippen LogP contribution in [0.1, 0.15) is 12.8 Å². The van der Waals surface area contributed by atoms with Gasteiger partial charge in [0.15, 0.2) is 12.6 Å². The Balaban J connectivity index is 3.26. The molecule has 0 N–H and O–H groups in total. The van der Waals surface area contributed by atoms with Gasteiger partial charge >= 0.3 is 0 Å². The van der Waals surface area contributed by atoms with Crippen molar-refractivity contribution in [3.63, 3.8) is 0 Å². The van der Waals surface area contributed by atoms with Gasteiger partial charge in [-0.3, -0.25) is 0 Å². The molecule has 0 aromatic carbocycles. The Labute approximate surface area is 106 Å². The number of ether oxygens (including phenoxy) is 4. The molecule has 0 heterocycles. The SMILES string of the molecule is COC(CCSSCCC(OC)OC)OC. The Morgan fingerprint density at radius 1 is 0.688 bits per heavy atom. The first-order chi connectivity index (χ1) is 7.78. The molecular formula is C10H22O4S2. The molecule has 0 bridgehead atoms. The van der Waals surface area contributed by atoms with E-state index in [1.165, 1.54) is 0 Å². The monoisotopic (exact) mass is 270 g/mol. The Morgan fingerprint density at radius 3 is 1.25 bits per heavy atom. The van der Waals surface area contributed by atoms with Crippen molar-refractivity contribution in [2.24, 2.45) is 0 Å². The molecule has 0 aromatic heterocycles. The van der Waals surface area contributed by atoms with Crippen molar-refractivity contribution < 1.29 is 18.9 Å². The van der Waals surface area contributed by atoms with Crippen LogP contribution in [0.25, 0.3) is 0 Å². The van der Waals surface area contributed by atoms with Crippen LogP contribution >= 0.6 is 21.6 Å². The molecule has 0 aliphatic rings. The van der Waals surface area contributed by atoms with E-state index >= 15 is 0 Å². The van der Waals surface area contributed by atoms with Crippen LogP contribution < -0.4 is 0 Å². The van der Waals surface area contributed by atoms with Crippen LogP contribution in [-0.4, -0.2) is 52.5 Å². The minimum Gasteiger partial charge on any atom is -0.356 e. The highest BCUT2D eigenvalue weighted by molar-refractivity contribution is 8.76. The van der Waals surface area contributed by atoms with Crippen molar-refractivity contribution >= 4 is 21.6 Å². The van der Waals surface area contributed by atoms with Crippen molar-refractivity contribution in [3.05, 3.63) is 0 Å². The first-order valence-corrected chi connectivity index (χ1v) is 7.62. The quantitative estimate of drug-likeness (QED) is 0.326. The van der Waals surface area contributed by atoms with Gasteiger partial charge in [-0.1, -0.05) is 21.6 Å². The summed E-state index contributed by atoms with van der Waals surface area (Å²) in [5.74, 6) is 2.03. The van der Waals surface area contributed by atoms with Gasteiger partial charge in [0.2, 0.25) is 0 Å². The zero-order valence-corrected chi connectivity index (χ0v) is 12.1. The first kappa shape index (κ1) is 16.5. The minimum atomic E-state index is -0.0844. The van der Waals surface area contributed by atoms with Gasteiger partial charge in [-0.25, -0.2) is 0 Å². The zero-order valence-electron chi connectivity index (χ0n) is 10.4. The van der Waals surface area contributed by atoms with Crippen LogP contribution in [0.3, 0.4) is 0 Å². The van der Waals surface area contributed by atoms with Gasteiger partial charge in [-0.2, -0.15) is 0 Å². The molecular weight excluding hydrogens is 248 g/mol. The summed E-state index contributed by atoms with van der Waals surface area (Å²) in [4.78, 5) is 0. The Kier molecular flexibility index (Phi) is 12.4. The Morgan fingerprint density at radius 2 is 1.00 bits per heavy atom. The maximum Gasteiger partial charge on any atom is 0.157 e. The van der Waals surface area contributed by atoms with Crippen molar-refractivity contribution in [2.75, 3.05) is 39.9 Å². The lowest BCUT2D eigenvalue weighted by Crippen LogP contribution is -2.14. The summed E-state index contributed by atoms with van der Waals surface area (Å²) in [6.45, 7) is 0. The molecule has 0 aliphatic heterocycles. The lowest BCUT2D eigenvalue weighted by atomic mass is 10.5. The first-order valence-electron chi connectivity index (χ1n) is 5.14. The maximum absolute atomic E-state index is 5.09. The molecule has 16 heavy (non-hydrogen) atoms. The minimum absolute atomic E-state index is 0.0844. The molecule has 0 atom stereocenters. The molecule has 0 unspecified atom stereocenters. The summed E-state index contributed by atoms with van der Waals surface area (Å²) in [5.41, 5.74) is 0. The van der Waals surface area contributed by atoms with Gasteiger partial charge in [0, 0.05) is 52.8 Å². The van der Waals surface area contributed by atoms with E-state index in [1.807, 2.05) is 21.6 Å². The summed E-state index contributed by atoms with van der Waals surface area (Å²) < 4.78 is 20.4. The molecule has 0 saturated heterocycles. The molecule has 0 aromatic rings. The second-order valence-corrected chi connectivity index (χ2v) is 5.73. The largest absolute Gasteiger partial charge is 0.356 e. The predicted octanol–water partition coefficient (Wildman–Crippen LogP) is 2.39. The smallest absolute Gasteiger partial charge is 0.157 e. The Hall–Kier alpha value is 0.540. The number of rotatable bonds is 11. The number of hydrogen-bond donors (Lipinski definition) is 0. The van der Waals surface area contributed by atoms with Crippen LogP contribution in [0.15, 0.2) is 0 Å². The molecule has 0 fully saturated rings. The van der Waals surface area contributed by atoms with Gasteiger partial charge in [0.1, 0.15) is 0 Å². The van der Waals surface area contributed by atoms with Crippen LogP contribution in [0, 0.1) is 0 Å². The van der Waals surface area contributed by atoms with E-state index in [4.69, 9.17) is 18.9 Å². The van der Waals surface area contributed by atoms with E-state index in [9.17, 15) is 0 Å². The van der Waals surface area contributed by atoms with Crippen LogP contribution in [-0.2, 0) is 18.9 Å². The standard InChI is InChI=1S/C10H22O4S2/c1-11-9(12-2)5-7-15-16-8-6-10(13-3)14-4/h9-10H,5-8H2,1-4H3. The zero-order chi connectivity index (χ0) is 12.2. The molecule has 0 spiro atoms. The highest BCUT2D eigenvalue weighted by Crippen LogP contribution is 2.24. The van der Waals surface area contributed by atoms with Crippen molar-refractivity contribution in [3.8, 4) is 0 Å². The Bertz CT molecular complexity index is 125. The lowest BCUT2D eigenvalue weighted by molar-refractivity contribution is -0.102. The molecule has 6 heteroatoms. The van der Waals surface area contributed by atoms with E-state index in [0.717, 1.165) is 24.3 Å². The molecule has 0 aliphatic carbocycles. The normalized spacial score (nSPS) is 11.6. The number of methoxy groups -OCH3 is 4. The second-order valence-electron chi connectivity index (χ2n) is 3.02. The van der Waals surface area contributed by atoms with Crippen molar-refractivity contribution in [1.29, 1.82) is 0 Å². The molecule has 0 amide bonds. The summed E-state index contributed by atoms with van der Waals surface area (Å²) in [5, 5.41) is 0. The van der Waals surface area contributed by atoms with Gasteiger partial charge in [-0.15, -0.1) is 0 Å². The second kappa shape index (κ2) is 12.0.